The number of rotatable bonds is 5. The Morgan fingerprint density at radius 2 is 2.13 bits per heavy atom. The van der Waals surface area contributed by atoms with Crippen molar-refractivity contribution in [1.29, 1.82) is 0 Å². The van der Waals surface area contributed by atoms with E-state index in [2.05, 4.69) is 5.32 Å². The lowest BCUT2D eigenvalue weighted by Gasteiger charge is -2.10. The van der Waals surface area contributed by atoms with Gasteiger partial charge in [0.25, 0.3) is 0 Å². The molecule has 0 bridgehead atoms. The molecule has 1 aliphatic heterocycles. The monoisotopic (exact) mass is 333 g/mol. The highest BCUT2D eigenvalue weighted by molar-refractivity contribution is 6.30. The largest absolute Gasteiger partial charge is 0.493 e. The Bertz CT molecular complexity index is 720. The quantitative estimate of drug-likeness (QED) is 0.906. The van der Waals surface area contributed by atoms with Gasteiger partial charge in [0.05, 0.1) is 11.6 Å². The molecule has 0 aromatic heterocycles. The smallest absolute Gasteiger partial charge is 0.220 e. The first-order valence-electron chi connectivity index (χ1n) is 7.56. The number of benzene rings is 2. The Morgan fingerprint density at radius 1 is 1.30 bits per heavy atom. The van der Waals surface area contributed by atoms with Gasteiger partial charge in [0.2, 0.25) is 5.91 Å². The lowest BCUT2D eigenvalue weighted by molar-refractivity contribution is -0.121. The Labute approximate surface area is 139 Å². The van der Waals surface area contributed by atoms with E-state index >= 15 is 0 Å². The molecular weight excluding hydrogens is 317 g/mol. The highest BCUT2D eigenvalue weighted by Crippen LogP contribution is 2.32. The minimum absolute atomic E-state index is 0.0326. The van der Waals surface area contributed by atoms with Gasteiger partial charge in [-0.15, -0.1) is 0 Å². The maximum Gasteiger partial charge on any atom is 0.220 e. The van der Waals surface area contributed by atoms with Crippen molar-refractivity contribution in [3.63, 3.8) is 0 Å². The van der Waals surface area contributed by atoms with E-state index in [0.717, 1.165) is 16.9 Å². The fraction of sp³-hybridized carbons (Fsp3) is 0.278. The van der Waals surface area contributed by atoms with E-state index in [4.69, 9.17) is 16.3 Å². The number of ether oxygens (including phenoxy) is 1. The highest BCUT2D eigenvalue weighted by atomic mass is 35.5. The number of hydrogen-bond acceptors (Lipinski definition) is 2. The number of para-hydroxylation sites is 1. The van der Waals surface area contributed by atoms with Gasteiger partial charge >= 0.3 is 0 Å². The van der Waals surface area contributed by atoms with Gasteiger partial charge in [0, 0.05) is 24.4 Å². The average Bonchev–Trinajstić information content (AvgIpc) is 2.97. The maximum absolute atomic E-state index is 13.1. The van der Waals surface area contributed by atoms with Crippen molar-refractivity contribution < 1.29 is 13.9 Å². The number of amides is 1. The molecule has 120 valence electrons. The van der Waals surface area contributed by atoms with Crippen LogP contribution < -0.4 is 10.1 Å². The highest BCUT2D eigenvalue weighted by Gasteiger charge is 2.23. The van der Waals surface area contributed by atoms with Gasteiger partial charge in [0.1, 0.15) is 11.6 Å². The first-order valence-corrected chi connectivity index (χ1v) is 7.93. The predicted octanol–water partition coefficient (Wildman–Crippen LogP) is 3.70. The van der Waals surface area contributed by atoms with E-state index in [1.54, 1.807) is 12.1 Å². The number of halogens is 2. The molecule has 1 heterocycles. The molecule has 0 saturated heterocycles. The molecule has 1 aliphatic rings. The summed E-state index contributed by atoms with van der Waals surface area (Å²) in [6.07, 6.45) is 0.876. The van der Waals surface area contributed by atoms with Crippen LogP contribution in [0.25, 0.3) is 0 Å². The van der Waals surface area contributed by atoms with Crippen molar-refractivity contribution in [2.75, 3.05) is 13.2 Å². The van der Waals surface area contributed by atoms with Crippen LogP contribution in [0.5, 0.6) is 5.75 Å². The Morgan fingerprint density at radius 3 is 2.96 bits per heavy atom. The Balaban J connectivity index is 1.48. The standard InChI is InChI=1S/C18H17ClFNO2/c19-15-9-12(5-7-16(15)20)6-8-18(22)21-10-13-11-23-17-4-2-1-3-14(13)17/h1-5,7,9,13H,6,8,10-11H2,(H,21,22)/t13-/m0/s1. The molecule has 5 heteroatoms. The molecule has 3 nitrogen and oxygen atoms in total. The molecule has 0 spiro atoms. The number of aryl methyl sites for hydroxylation is 1. The fourth-order valence-corrected chi connectivity index (χ4v) is 2.88. The van der Waals surface area contributed by atoms with Crippen molar-refractivity contribution >= 4 is 17.5 Å². The van der Waals surface area contributed by atoms with Crippen LogP contribution in [0.2, 0.25) is 5.02 Å². The number of hydrogen-bond donors (Lipinski definition) is 1. The molecule has 3 rings (SSSR count). The van der Waals surface area contributed by atoms with E-state index in [-0.39, 0.29) is 16.8 Å². The summed E-state index contributed by atoms with van der Waals surface area (Å²) >= 11 is 5.73. The molecule has 0 saturated carbocycles. The summed E-state index contributed by atoms with van der Waals surface area (Å²) in [5.74, 6) is 0.609. The molecule has 0 aliphatic carbocycles. The van der Waals surface area contributed by atoms with Gasteiger partial charge in [-0.2, -0.15) is 0 Å². The van der Waals surface area contributed by atoms with Crippen molar-refractivity contribution in [3.05, 3.63) is 64.4 Å². The van der Waals surface area contributed by atoms with Crippen molar-refractivity contribution in [1.82, 2.24) is 5.32 Å². The first-order chi connectivity index (χ1) is 11.1. The summed E-state index contributed by atoms with van der Waals surface area (Å²) in [5.41, 5.74) is 1.99. The Kier molecular flexibility index (Phi) is 4.82. The van der Waals surface area contributed by atoms with Gasteiger partial charge in [-0.05, 0) is 30.2 Å². The summed E-state index contributed by atoms with van der Waals surface area (Å²) in [4.78, 5) is 12.0. The van der Waals surface area contributed by atoms with Crippen molar-refractivity contribution in [2.24, 2.45) is 0 Å². The van der Waals surface area contributed by atoms with E-state index in [9.17, 15) is 9.18 Å². The van der Waals surface area contributed by atoms with Gasteiger partial charge in [0.15, 0.2) is 0 Å². The zero-order valence-electron chi connectivity index (χ0n) is 12.5. The van der Waals surface area contributed by atoms with E-state index in [0.29, 0.717) is 26.0 Å². The third-order valence-corrected chi connectivity index (χ3v) is 4.26. The van der Waals surface area contributed by atoms with E-state index < -0.39 is 5.82 Å². The molecule has 1 amide bonds. The molecular formula is C18H17ClFNO2. The number of carbonyl (C=O) groups is 1. The minimum Gasteiger partial charge on any atom is -0.493 e. The number of carbonyl (C=O) groups excluding carboxylic acids is 1. The van der Waals surface area contributed by atoms with Crippen LogP contribution >= 0.6 is 11.6 Å². The normalized spacial score (nSPS) is 15.8. The molecule has 2 aromatic carbocycles. The topological polar surface area (TPSA) is 38.3 Å². The molecule has 0 radical (unpaired) electrons. The third-order valence-electron chi connectivity index (χ3n) is 3.97. The zero-order chi connectivity index (χ0) is 16.2. The van der Waals surface area contributed by atoms with Crippen LogP contribution in [0.4, 0.5) is 4.39 Å². The number of nitrogens with one attached hydrogen (secondary N) is 1. The van der Waals surface area contributed by atoms with Gasteiger partial charge in [-0.25, -0.2) is 4.39 Å². The average molecular weight is 334 g/mol. The van der Waals surface area contributed by atoms with Gasteiger partial charge in [-0.3, -0.25) is 4.79 Å². The third kappa shape index (κ3) is 3.82. The lowest BCUT2D eigenvalue weighted by atomic mass is 10.0. The maximum atomic E-state index is 13.1. The van der Waals surface area contributed by atoms with Crippen LogP contribution in [0.15, 0.2) is 42.5 Å². The SMILES string of the molecule is O=C(CCc1ccc(F)c(Cl)c1)NC[C@H]1COc2ccccc21. The summed E-state index contributed by atoms with van der Waals surface area (Å²) in [7, 11) is 0. The minimum atomic E-state index is -0.445. The Hall–Kier alpha value is -2.07. The second kappa shape index (κ2) is 7.01. The number of fused-ring (bicyclic) bond motifs is 1. The molecule has 2 aromatic rings. The summed E-state index contributed by atoms with van der Waals surface area (Å²) in [5, 5.41) is 3.02. The summed E-state index contributed by atoms with van der Waals surface area (Å²) in [6.45, 7) is 1.15. The molecule has 23 heavy (non-hydrogen) atoms. The predicted molar refractivity (Wildman–Crippen MR) is 87.4 cm³/mol. The van der Waals surface area contributed by atoms with E-state index in [1.165, 1.54) is 6.07 Å². The molecule has 1 N–H and O–H groups in total. The van der Waals surface area contributed by atoms with E-state index in [1.807, 2.05) is 24.3 Å². The van der Waals surface area contributed by atoms with Gasteiger partial charge in [-0.1, -0.05) is 35.9 Å². The van der Waals surface area contributed by atoms with Crippen LogP contribution in [-0.2, 0) is 11.2 Å². The summed E-state index contributed by atoms with van der Waals surface area (Å²) in [6, 6.07) is 12.4. The summed E-state index contributed by atoms with van der Waals surface area (Å²) < 4.78 is 18.7. The lowest BCUT2D eigenvalue weighted by Crippen LogP contribution is -2.29. The van der Waals surface area contributed by atoms with Crippen LogP contribution in [0.3, 0.4) is 0 Å². The fourth-order valence-electron chi connectivity index (χ4n) is 2.68. The second-order valence-electron chi connectivity index (χ2n) is 5.60. The van der Waals surface area contributed by atoms with Gasteiger partial charge < -0.3 is 10.1 Å². The van der Waals surface area contributed by atoms with Crippen molar-refractivity contribution in [3.8, 4) is 5.75 Å². The molecule has 0 fully saturated rings. The first kappa shape index (κ1) is 15.8. The van der Waals surface area contributed by atoms with Crippen LogP contribution in [-0.4, -0.2) is 19.1 Å². The second-order valence-corrected chi connectivity index (χ2v) is 6.01. The molecule has 1 atom stereocenters. The zero-order valence-corrected chi connectivity index (χ0v) is 13.3. The van der Waals surface area contributed by atoms with Crippen LogP contribution in [0.1, 0.15) is 23.5 Å². The van der Waals surface area contributed by atoms with Crippen molar-refractivity contribution in [2.45, 2.75) is 18.8 Å². The molecule has 0 unspecified atom stereocenters. The van der Waals surface area contributed by atoms with Crippen LogP contribution in [0, 0.1) is 5.82 Å².